The zero-order valence-electron chi connectivity index (χ0n) is 20.5. The summed E-state index contributed by atoms with van der Waals surface area (Å²) >= 11 is 5.26. The Hall–Kier alpha value is -2.99. The monoisotopic (exact) mass is 600 g/mol. The molecule has 0 spiro atoms. The largest absolute Gasteiger partial charge is 0.348 e. The van der Waals surface area contributed by atoms with Gasteiger partial charge in [0.2, 0.25) is 0 Å². The van der Waals surface area contributed by atoms with E-state index in [4.69, 9.17) is 0 Å². The Morgan fingerprint density at radius 1 is 1.03 bits per heavy atom. The van der Waals surface area contributed by atoms with E-state index in [1.807, 2.05) is 30.1 Å². The maximum atomic E-state index is 14.1. The van der Waals surface area contributed by atoms with Gasteiger partial charge in [-0.15, -0.1) is 0 Å². The van der Waals surface area contributed by atoms with Crippen LogP contribution in [0.4, 0.5) is 4.39 Å². The van der Waals surface area contributed by atoms with Crippen LogP contribution in [-0.4, -0.2) is 47.0 Å². The lowest BCUT2D eigenvalue weighted by Crippen LogP contribution is -2.46. The van der Waals surface area contributed by atoms with Crippen molar-refractivity contribution in [3.8, 4) is 0 Å². The molecule has 1 aliphatic heterocycles. The van der Waals surface area contributed by atoms with Gasteiger partial charge in [0.1, 0.15) is 22.8 Å². The minimum atomic E-state index is -0.601. The van der Waals surface area contributed by atoms with Gasteiger partial charge in [-0.1, -0.05) is 0 Å². The first-order valence-electron chi connectivity index (χ1n) is 12.7. The number of nitrogens with zero attached hydrogens (tertiary/aromatic N) is 5. The molecule has 38 heavy (non-hydrogen) atoms. The Kier molecular flexibility index (Phi) is 6.85. The Morgan fingerprint density at radius 3 is 2.53 bits per heavy atom. The molecule has 4 aromatic heterocycles. The lowest BCUT2D eigenvalue weighted by Gasteiger charge is -2.31. The van der Waals surface area contributed by atoms with Gasteiger partial charge >= 0.3 is 5.69 Å². The Balaban J connectivity index is 1.24. The number of aromatic nitrogens is 5. The summed E-state index contributed by atoms with van der Waals surface area (Å²) in [4.78, 5) is 48.6. The molecule has 12 heteroatoms. The molecule has 4 aromatic rings. The summed E-state index contributed by atoms with van der Waals surface area (Å²) in [6, 6.07) is 4.39. The summed E-state index contributed by atoms with van der Waals surface area (Å²) < 4.78 is 19.7. The summed E-state index contributed by atoms with van der Waals surface area (Å²) in [5.74, 6) is 0.993. The number of hydrogen-bond acceptors (Lipinski definition) is 6. The highest BCUT2D eigenvalue weighted by Crippen LogP contribution is 2.30. The van der Waals surface area contributed by atoms with Gasteiger partial charge in [0.25, 0.3) is 11.5 Å². The highest BCUT2D eigenvalue weighted by Gasteiger charge is 2.30. The molecule has 0 aromatic carbocycles. The van der Waals surface area contributed by atoms with E-state index in [-0.39, 0.29) is 40.8 Å². The lowest BCUT2D eigenvalue weighted by molar-refractivity contribution is 0.0917. The van der Waals surface area contributed by atoms with Crippen molar-refractivity contribution < 1.29 is 9.18 Å². The number of fused-ring (bicyclic) bond motifs is 2. The molecule has 198 valence electrons. The van der Waals surface area contributed by atoms with E-state index in [1.165, 1.54) is 10.6 Å². The number of thioether (sulfide) groups is 1. The molecular weight excluding hydrogens is 575 g/mol. The first-order valence-corrected chi connectivity index (χ1v) is 14.7. The SMILES string of the molecule is O=C(NC1CCC(n2c(=O)c3cc(F)cnc3n(C3CCSCC3)c2=O)CC1)c1cn2cc(Br)ccc2n1. The molecule has 0 unspecified atom stereocenters. The normalized spacial score (nSPS) is 20.7. The highest BCUT2D eigenvalue weighted by molar-refractivity contribution is 9.10. The molecule has 0 bridgehead atoms. The number of halogens is 2. The van der Waals surface area contributed by atoms with Gasteiger partial charge in [-0.3, -0.25) is 18.7 Å². The molecule has 2 aliphatic rings. The summed E-state index contributed by atoms with van der Waals surface area (Å²) in [6.07, 6.45) is 8.52. The number of carbonyl (C=O) groups is 1. The fourth-order valence-electron chi connectivity index (χ4n) is 5.61. The smallest absolute Gasteiger partial charge is 0.333 e. The fraction of sp³-hybridized carbons (Fsp3) is 0.423. The van der Waals surface area contributed by atoms with Crippen molar-refractivity contribution in [2.45, 2.75) is 56.7 Å². The van der Waals surface area contributed by atoms with Gasteiger partial charge in [-0.05, 0) is 84.2 Å². The van der Waals surface area contributed by atoms with Crippen molar-refractivity contribution in [3.63, 3.8) is 0 Å². The van der Waals surface area contributed by atoms with Crippen LogP contribution in [0.15, 0.2) is 50.9 Å². The van der Waals surface area contributed by atoms with Crippen molar-refractivity contribution in [3.05, 3.63) is 73.6 Å². The average Bonchev–Trinajstić information content (AvgIpc) is 3.34. The molecule has 1 N–H and O–H groups in total. The van der Waals surface area contributed by atoms with Gasteiger partial charge in [0.15, 0.2) is 0 Å². The van der Waals surface area contributed by atoms with E-state index in [2.05, 4.69) is 31.2 Å². The van der Waals surface area contributed by atoms with E-state index < -0.39 is 11.4 Å². The van der Waals surface area contributed by atoms with Crippen LogP contribution < -0.4 is 16.6 Å². The first kappa shape index (κ1) is 25.3. The van der Waals surface area contributed by atoms with Crippen molar-refractivity contribution >= 4 is 50.3 Å². The van der Waals surface area contributed by atoms with Gasteiger partial charge in [0, 0.05) is 35.0 Å². The molecule has 0 radical (unpaired) electrons. The second-order valence-corrected chi connectivity index (χ2v) is 12.1. The molecule has 0 atom stereocenters. The third-order valence-electron chi connectivity index (χ3n) is 7.52. The van der Waals surface area contributed by atoms with Crippen molar-refractivity contribution in [2.75, 3.05) is 11.5 Å². The van der Waals surface area contributed by atoms with Gasteiger partial charge in [-0.25, -0.2) is 19.2 Å². The second-order valence-electron chi connectivity index (χ2n) is 9.91. The maximum Gasteiger partial charge on any atom is 0.333 e. The quantitative estimate of drug-likeness (QED) is 0.378. The molecular formula is C26H26BrFN6O3S. The van der Waals surface area contributed by atoms with E-state index in [1.54, 1.807) is 15.2 Å². The molecule has 1 saturated heterocycles. The van der Waals surface area contributed by atoms with Crippen LogP contribution in [0, 0.1) is 5.82 Å². The number of imidazole rings is 1. The Labute approximate surface area is 229 Å². The predicted molar refractivity (Wildman–Crippen MR) is 147 cm³/mol. The molecule has 1 aliphatic carbocycles. The summed E-state index contributed by atoms with van der Waals surface area (Å²) in [5.41, 5.74) is 0.397. The highest BCUT2D eigenvalue weighted by atomic mass is 79.9. The second kappa shape index (κ2) is 10.3. The van der Waals surface area contributed by atoms with Crippen LogP contribution in [0.1, 0.15) is 61.1 Å². The molecule has 1 saturated carbocycles. The van der Waals surface area contributed by atoms with E-state index in [0.29, 0.717) is 37.0 Å². The van der Waals surface area contributed by atoms with Gasteiger partial charge < -0.3 is 9.72 Å². The maximum absolute atomic E-state index is 14.1. The van der Waals surface area contributed by atoms with Crippen LogP contribution in [0.2, 0.25) is 0 Å². The summed E-state index contributed by atoms with van der Waals surface area (Å²) in [7, 11) is 0. The number of nitrogens with one attached hydrogen (secondary N) is 1. The molecule has 5 heterocycles. The van der Waals surface area contributed by atoms with Crippen LogP contribution >= 0.6 is 27.7 Å². The molecule has 6 rings (SSSR count). The van der Waals surface area contributed by atoms with Crippen LogP contribution in [0.5, 0.6) is 0 Å². The molecule has 9 nitrogen and oxygen atoms in total. The molecule has 1 amide bonds. The Morgan fingerprint density at radius 2 is 1.76 bits per heavy atom. The standard InChI is InChI=1S/C26H26BrFN6O3S/c27-15-1-6-22-31-21(14-32(22)13-15)24(35)30-17-2-4-18(5-3-17)34-25(36)20-11-16(28)12-29-23(20)33(26(34)37)19-7-9-38-10-8-19/h1,6,11-14,17-19H,2-5,7-10H2,(H,30,35). The number of pyridine rings is 2. The van der Waals surface area contributed by atoms with Crippen molar-refractivity contribution in [2.24, 2.45) is 0 Å². The third kappa shape index (κ3) is 4.68. The topological polar surface area (TPSA) is 103 Å². The Bertz CT molecular complexity index is 1650. The van der Waals surface area contributed by atoms with E-state index in [0.717, 1.165) is 35.0 Å². The molecule has 2 fully saturated rings. The van der Waals surface area contributed by atoms with Gasteiger partial charge in [-0.2, -0.15) is 11.8 Å². The third-order valence-corrected chi connectivity index (χ3v) is 9.04. The summed E-state index contributed by atoms with van der Waals surface area (Å²) in [5, 5.41) is 3.19. The predicted octanol–water partition coefficient (Wildman–Crippen LogP) is 4.09. The average molecular weight is 602 g/mol. The fourth-order valence-corrected chi connectivity index (χ4v) is 7.05. The number of rotatable bonds is 4. The first-order chi connectivity index (χ1) is 18.4. The van der Waals surface area contributed by atoms with Crippen LogP contribution in [-0.2, 0) is 0 Å². The zero-order valence-corrected chi connectivity index (χ0v) is 22.9. The van der Waals surface area contributed by atoms with E-state index >= 15 is 0 Å². The van der Waals surface area contributed by atoms with Gasteiger partial charge in [0.05, 0.1) is 11.6 Å². The number of hydrogen-bond donors (Lipinski definition) is 1. The number of carbonyl (C=O) groups excluding carboxylic acids is 1. The zero-order chi connectivity index (χ0) is 26.4. The number of amides is 1. The van der Waals surface area contributed by atoms with Crippen LogP contribution in [0.3, 0.4) is 0 Å². The minimum Gasteiger partial charge on any atom is -0.348 e. The van der Waals surface area contributed by atoms with Crippen molar-refractivity contribution in [1.82, 2.24) is 28.8 Å². The minimum absolute atomic E-state index is 0.0715. The lowest BCUT2D eigenvalue weighted by atomic mass is 9.90. The summed E-state index contributed by atoms with van der Waals surface area (Å²) in [6.45, 7) is 0. The van der Waals surface area contributed by atoms with E-state index in [9.17, 15) is 18.8 Å². The van der Waals surface area contributed by atoms with Crippen molar-refractivity contribution in [1.29, 1.82) is 0 Å². The van der Waals surface area contributed by atoms with Crippen LogP contribution in [0.25, 0.3) is 16.7 Å².